The Labute approximate surface area is 112 Å². The Morgan fingerprint density at radius 2 is 1.79 bits per heavy atom. The van der Waals surface area contributed by atoms with Crippen LogP contribution in [0.3, 0.4) is 0 Å². The minimum absolute atomic E-state index is 0.0159. The fraction of sp³-hybridized carbons (Fsp3) is 0.727. The first-order chi connectivity index (χ1) is 8.73. The fourth-order valence-electron chi connectivity index (χ4n) is 1.25. The normalized spacial score (nSPS) is 12.0. The van der Waals surface area contributed by atoms with Crippen molar-refractivity contribution in [2.45, 2.75) is 18.9 Å². The number of carboxylic acid groups (broad SMARTS) is 1. The Morgan fingerprint density at radius 3 is 2.21 bits per heavy atom. The summed E-state index contributed by atoms with van der Waals surface area (Å²) in [4.78, 5) is 36.6. The van der Waals surface area contributed by atoms with E-state index in [1.165, 1.54) is 4.90 Å². The van der Waals surface area contributed by atoms with Gasteiger partial charge in [0.25, 0.3) is 0 Å². The lowest BCUT2D eigenvalue weighted by Crippen LogP contribution is -2.48. The first-order valence-corrected chi connectivity index (χ1v) is 5.91. The first-order valence-electron chi connectivity index (χ1n) is 5.91. The molecule has 0 saturated carbocycles. The first kappa shape index (κ1) is 17.2. The van der Waals surface area contributed by atoms with Crippen LogP contribution in [0.1, 0.15) is 12.8 Å². The molecule has 110 valence electrons. The van der Waals surface area contributed by atoms with Gasteiger partial charge < -0.3 is 26.0 Å². The van der Waals surface area contributed by atoms with Gasteiger partial charge in [0.1, 0.15) is 6.04 Å². The van der Waals surface area contributed by atoms with E-state index in [0.29, 0.717) is 13.1 Å². The van der Waals surface area contributed by atoms with Crippen LogP contribution < -0.4 is 11.1 Å². The van der Waals surface area contributed by atoms with Crippen LogP contribution in [-0.4, -0.2) is 73.1 Å². The molecule has 0 aromatic rings. The number of nitrogens with zero attached hydrogens (tertiary/aromatic N) is 2. The lowest BCUT2D eigenvalue weighted by molar-refractivity contribution is -0.139. The van der Waals surface area contributed by atoms with Gasteiger partial charge in [-0.2, -0.15) is 0 Å². The van der Waals surface area contributed by atoms with Gasteiger partial charge in [-0.25, -0.2) is 9.59 Å². The summed E-state index contributed by atoms with van der Waals surface area (Å²) in [7, 11) is 5.32. The zero-order valence-corrected chi connectivity index (χ0v) is 11.5. The molecular formula is C11H22N4O4. The van der Waals surface area contributed by atoms with E-state index in [1.54, 1.807) is 7.05 Å². The smallest absolute Gasteiger partial charge is 0.326 e. The number of aliphatic carboxylic acids is 1. The summed E-state index contributed by atoms with van der Waals surface area (Å²) in [5, 5.41) is 11.3. The number of amides is 3. The molecule has 0 radical (unpaired) electrons. The summed E-state index contributed by atoms with van der Waals surface area (Å²) in [5.41, 5.74) is 4.95. The Kier molecular flexibility index (Phi) is 7.50. The van der Waals surface area contributed by atoms with Crippen molar-refractivity contribution in [3.05, 3.63) is 0 Å². The van der Waals surface area contributed by atoms with Crippen LogP contribution in [0.25, 0.3) is 0 Å². The lowest BCUT2D eigenvalue weighted by atomic mass is 10.1. The third-order valence-corrected chi connectivity index (χ3v) is 2.50. The standard InChI is InChI=1S/C11H22N4O4/c1-14(2)6-7-15(3)11(19)13-8(10(17)18)4-5-9(12)16/h8H,4-7H2,1-3H3,(H2,12,16)(H,13,19)(H,17,18). The second kappa shape index (κ2) is 8.30. The van der Waals surface area contributed by atoms with Gasteiger partial charge in [0.15, 0.2) is 0 Å². The number of carbonyl (C=O) groups excluding carboxylic acids is 2. The molecule has 0 aliphatic heterocycles. The Hall–Kier alpha value is -1.83. The van der Waals surface area contributed by atoms with Crippen molar-refractivity contribution in [3.8, 4) is 0 Å². The maximum absolute atomic E-state index is 11.7. The molecule has 0 aliphatic carbocycles. The van der Waals surface area contributed by atoms with Gasteiger partial charge in [0.05, 0.1) is 0 Å². The summed E-state index contributed by atoms with van der Waals surface area (Å²) in [5.74, 6) is -1.78. The number of hydrogen-bond acceptors (Lipinski definition) is 4. The summed E-state index contributed by atoms with van der Waals surface area (Å²) in [6.07, 6.45) is -0.101. The molecule has 19 heavy (non-hydrogen) atoms. The van der Waals surface area contributed by atoms with Crippen molar-refractivity contribution >= 4 is 17.9 Å². The van der Waals surface area contributed by atoms with E-state index in [9.17, 15) is 14.4 Å². The van der Waals surface area contributed by atoms with Crippen molar-refractivity contribution in [2.75, 3.05) is 34.2 Å². The van der Waals surface area contributed by atoms with Gasteiger partial charge >= 0.3 is 12.0 Å². The summed E-state index contributed by atoms with van der Waals surface area (Å²) < 4.78 is 0. The second-order valence-corrected chi connectivity index (χ2v) is 4.57. The predicted molar refractivity (Wildman–Crippen MR) is 69.6 cm³/mol. The van der Waals surface area contributed by atoms with Crippen molar-refractivity contribution in [3.63, 3.8) is 0 Å². The van der Waals surface area contributed by atoms with Crippen LogP contribution in [0.2, 0.25) is 0 Å². The van der Waals surface area contributed by atoms with Crippen LogP contribution >= 0.6 is 0 Å². The summed E-state index contributed by atoms with van der Waals surface area (Å²) >= 11 is 0. The van der Waals surface area contributed by atoms with Crippen LogP contribution in [0.5, 0.6) is 0 Å². The van der Waals surface area contributed by atoms with Crippen molar-refractivity contribution in [1.29, 1.82) is 0 Å². The number of primary amides is 1. The maximum Gasteiger partial charge on any atom is 0.326 e. The molecule has 8 nitrogen and oxygen atoms in total. The minimum Gasteiger partial charge on any atom is -0.480 e. The highest BCUT2D eigenvalue weighted by molar-refractivity contribution is 5.83. The van der Waals surface area contributed by atoms with Crippen LogP contribution in [-0.2, 0) is 9.59 Å². The molecule has 8 heteroatoms. The largest absolute Gasteiger partial charge is 0.480 e. The van der Waals surface area contributed by atoms with E-state index >= 15 is 0 Å². The topological polar surface area (TPSA) is 116 Å². The molecule has 1 atom stereocenters. The number of urea groups is 1. The molecular weight excluding hydrogens is 252 g/mol. The highest BCUT2D eigenvalue weighted by Gasteiger charge is 2.22. The number of carboxylic acids is 1. The van der Waals surface area contributed by atoms with Crippen LogP contribution in [0.4, 0.5) is 4.79 Å². The zero-order chi connectivity index (χ0) is 15.0. The van der Waals surface area contributed by atoms with E-state index in [0.717, 1.165) is 0 Å². The average Bonchev–Trinajstić information content (AvgIpc) is 2.30. The maximum atomic E-state index is 11.7. The summed E-state index contributed by atoms with van der Waals surface area (Å²) in [6, 6.07) is -1.60. The molecule has 3 amide bonds. The van der Waals surface area contributed by atoms with Crippen molar-refractivity contribution < 1.29 is 19.5 Å². The van der Waals surface area contributed by atoms with E-state index in [-0.39, 0.29) is 12.8 Å². The Morgan fingerprint density at radius 1 is 1.21 bits per heavy atom. The third-order valence-electron chi connectivity index (χ3n) is 2.50. The van der Waals surface area contributed by atoms with Gasteiger partial charge in [-0.3, -0.25) is 4.79 Å². The second-order valence-electron chi connectivity index (χ2n) is 4.57. The molecule has 0 heterocycles. The molecule has 0 bridgehead atoms. The Balaban J connectivity index is 4.29. The zero-order valence-electron chi connectivity index (χ0n) is 11.5. The molecule has 0 spiro atoms. The number of nitrogens with two attached hydrogens (primary N) is 1. The molecule has 0 rings (SSSR count). The number of carbonyl (C=O) groups is 3. The number of hydrogen-bond donors (Lipinski definition) is 3. The molecule has 1 unspecified atom stereocenters. The van der Waals surface area contributed by atoms with Gasteiger partial charge in [0, 0.05) is 26.6 Å². The van der Waals surface area contributed by atoms with Crippen molar-refractivity contribution in [2.24, 2.45) is 5.73 Å². The van der Waals surface area contributed by atoms with E-state index in [2.05, 4.69) is 5.32 Å². The van der Waals surface area contributed by atoms with Gasteiger partial charge in [-0.05, 0) is 20.5 Å². The van der Waals surface area contributed by atoms with E-state index in [4.69, 9.17) is 10.8 Å². The lowest BCUT2D eigenvalue weighted by Gasteiger charge is -2.22. The van der Waals surface area contributed by atoms with E-state index < -0.39 is 23.9 Å². The van der Waals surface area contributed by atoms with Crippen LogP contribution in [0, 0.1) is 0 Å². The van der Waals surface area contributed by atoms with E-state index in [1.807, 2.05) is 19.0 Å². The number of nitrogens with one attached hydrogen (secondary N) is 1. The quantitative estimate of drug-likeness (QED) is 0.520. The number of likely N-dealkylation sites (N-methyl/N-ethyl adjacent to an activating group) is 2. The molecule has 0 aliphatic rings. The monoisotopic (exact) mass is 274 g/mol. The highest BCUT2D eigenvalue weighted by Crippen LogP contribution is 1.99. The molecule has 0 aromatic carbocycles. The summed E-state index contributed by atoms with van der Waals surface area (Å²) in [6.45, 7) is 1.14. The SMILES string of the molecule is CN(C)CCN(C)C(=O)NC(CCC(N)=O)C(=O)O. The Bertz CT molecular complexity index is 333. The molecule has 4 N–H and O–H groups in total. The molecule has 0 aromatic heterocycles. The van der Waals surface area contributed by atoms with Gasteiger partial charge in [-0.15, -0.1) is 0 Å². The fourth-order valence-corrected chi connectivity index (χ4v) is 1.25. The van der Waals surface area contributed by atoms with Crippen LogP contribution in [0.15, 0.2) is 0 Å². The number of rotatable bonds is 8. The highest BCUT2D eigenvalue weighted by atomic mass is 16.4. The predicted octanol–water partition coefficient (Wildman–Crippen LogP) is -1.09. The van der Waals surface area contributed by atoms with Gasteiger partial charge in [-0.1, -0.05) is 0 Å². The van der Waals surface area contributed by atoms with Crippen molar-refractivity contribution in [1.82, 2.24) is 15.1 Å². The third kappa shape index (κ3) is 7.98. The average molecular weight is 274 g/mol. The molecule has 0 fully saturated rings. The minimum atomic E-state index is -1.18. The van der Waals surface area contributed by atoms with Gasteiger partial charge in [0.2, 0.25) is 5.91 Å². The molecule has 0 saturated heterocycles.